The fourth-order valence-corrected chi connectivity index (χ4v) is 3.34. The molecule has 0 spiro atoms. The normalized spacial score (nSPS) is 15.2. The second-order valence-electron chi connectivity index (χ2n) is 7.05. The van der Waals surface area contributed by atoms with Crippen molar-refractivity contribution in [3.63, 3.8) is 0 Å². The Hall–Kier alpha value is -2.66. The first kappa shape index (κ1) is 19.1. The van der Waals surface area contributed by atoms with Gasteiger partial charge in [0, 0.05) is 37.7 Å². The lowest BCUT2D eigenvalue weighted by atomic mass is 10.0. The molecule has 0 bridgehead atoms. The molecule has 1 atom stereocenters. The highest BCUT2D eigenvalue weighted by Crippen LogP contribution is 2.15. The minimum atomic E-state index is -0.309. The fourth-order valence-electron chi connectivity index (χ4n) is 3.34. The fraction of sp³-hybridized carbons (Fsp3) is 0.364. The summed E-state index contributed by atoms with van der Waals surface area (Å²) in [5.74, 6) is 0.0129. The quantitative estimate of drug-likeness (QED) is 0.826. The molecule has 142 valence electrons. The second-order valence-corrected chi connectivity index (χ2v) is 7.05. The van der Waals surface area contributed by atoms with Gasteiger partial charge < -0.3 is 16.0 Å². The van der Waals surface area contributed by atoms with Gasteiger partial charge in [0.15, 0.2) is 0 Å². The van der Waals surface area contributed by atoms with Gasteiger partial charge in [-0.15, -0.1) is 0 Å². The van der Waals surface area contributed by atoms with Crippen molar-refractivity contribution in [2.45, 2.75) is 38.3 Å². The lowest BCUT2D eigenvalue weighted by molar-refractivity contribution is -0.121. The van der Waals surface area contributed by atoms with Crippen molar-refractivity contribution < 1.29 is 9.59 Å². The van der Waals surface area contributed by atoms with E-state index in [4.69, 9.17) is 5.73 Å². The van der Waals surface area contributed by atoms with Crippen LogP contribution in [0.3, 0.4) is 0 Å². The predicted molar refractivity (Wildman–Crippen MR) is 106 cm³/mol. The number of hydrogen-bond acceptors (Lipinski definition) is 3. The summed E-state index contributed by atoms with van der Waals surface area (Å²) in [4.78, 5) is 26.5. The van der Waals surface area contributed by atoms with E-state index >= 15 is 0 Å². The molecule has 0 aromatic heterocycles. The third-order valence-electron chi connectivity index (χ3n) is 4.97. The first-order chi connectivity index (χ1) is 13.1. The molecule has 1 heterocycles. The number of rotatable bonds is 6. The van der Waals surface area contributed by atoms with Crippen LogP contribution in [-0.2, 0) is 11.3 Å². The van der Waals surface area contributed by atoms with E-state index in [9.17, 15) is 9.59 Å². The lowest BCUT2D eigenvalue weighted by Gasteiger charge is -2.26. The van der Waals surface area contributed by atoms with Gasteiger partial charge in [-0.05, 0) is 42.5 Å². The van der Waals surface area contributed by atoms with Crippen molar-refractivity contribution >= 4 is 11.8 Å². The maximum absolute atomic E-state index is 12.5. The van der Waals surface area contributed by atoms with Crippen molar-refractivity contribution in [3.8, 4) is 0 Å². The summed E-state index contributed by atoms with van der Waals surface area (Å²) in [6.45, 7) is 2.12. The van der Waals surface area contributed by atoms with Crippen LogP contribution in [0.15, 0.2) is 54.6 Å². The summed E-state index contributed by atoms with van der Waals surface area (Å²) >= 11 is 0. The molecule has 1 saturated heterocycles. The Bertz CT molecular complexity index is 753. The minimum absolute atomic E-state index is 0.0835. The molecular formula is C22H27N3O2. The van der Waals surface area contributed by atoms with Crippen LogP contribution in [0.2, 0.25) is 0 Å². The van der Waals surface area contributed by atoms with Crippen LogP contribution in [-0.4, -0.2) is 29.8 Å². The number of nitrogens with zero attached hydrogens (tertiary/aromatic N) is 1. The Kier molecular flexibility index (Phi) is 6.60. The SMILES string of the molecule is NC(CC(=O)NCc1ccc(C(=O)N2CCCCC2)cc1)c1ccccc1. The number of nitrogens with two attached hydrogens (primary N) is 1. The van der Waals surface area contributed by atoms with Crippen molar-refractivity contribution in [3.05, 3.63) is 71.3 Å². The zero-order valence-electron chi connectivity index (χ0n) is 15.6. The molecule has 1 fully saturated rings. The number of hydrogen-bond donors (Lipinski definition) is 2. The minimum Gasteiger partial charge on any atom is -0.352 e. The number of amides is 2. The molecule has 1 aliphatic rings. The van der Waals surface area contributed by atoms with E-state index in [-0.39, 0.29) is 24.3 Å². The molecule has 27 heavy (non-hydrogen) atoms. The van der Waals surface area contributed by atoms with Gasteiger partial charge in [-0.2, -0.15) is 0 Å². The van der Waals surface area contributed by atoms with E-state index < -0.39 is 0 Å². The maximum atomic E-state index is 12.5. The summed E-state index contributed by atoms with van der Waals surface area (Å²) < 4.78 is 0. The number of nitrogens with one attached hydrogen (secondary N) is 1. The average molecular weight is 365 g/mol. The average Bonchev–Trinajstić information content (AvgIpc) is 2.73. The molecule has 2 aromatic carbocycles. The number of piperidine rings is 1. The zero-order valence-corrected chi connectivity index (χ0v) is 15.6. The summed E-state index contributed by atoms with van der Waals surface area (Å²) in [6.07, 6.45) is 3.62. The van der Waals surface area contributed by atoms with Crippen molar-refractivity contribution in [2.75, 3.05) is 13.1 Å². The molecule has 0 saturated carbocycles. The van der Waals surface area contributed by atoms with Crippen LogP contribution in [0.25, 0.3) is 0 Å². The van der Waals surface area contributed by atoms with Crippen LogP contribution in [0.1, 0.15) is 53.2 Å². The highest BCUT2D eigenvalue weighted by molar-refractivity contribution is 5.94. The van der Waals surface area contributed by atoms with Gasteiger partial charge in [-0.1, -0.05) is 42.5 Å². The third kappa shape index (κ3) is 5.41. The lowest BCUT2D eigenvalue weighted by Crippen LogP contribution is -2.35. The molecule has 1 aliphatic heterocycles. The molecule has 1 unspecified atom stereocenters. The van der Waals surface area contributed by atoms with Gasteiger partial charge in [0.1, 0.15) is 0 Å². The third-order valence-corrected chi connectivity index (χ3v) is 4.97. The Morgan fingerprint density at radius 3 is 2.30 bits per heavy atom. The van der Waals surface area contributed by atoms with E-state index in [0.717, 1.165) is 37.1 Å². The van der Waals surface area contributed by atoms with Crippen molar-refractivity contribution in [2.24, 2.45) is 5.73 Å². The molecule has 5 nitrogen and oxygen atoms in total. The predicted octanol–water partition coefficient (Wildman–Crippen LogP) is 3.02. The Balaban J connectivity index is 1.48. The summed E-state index contributed by atoms with van der Waals surface area (Å²) in [7, 11) is 0. The van der Waals surface area contributed by atoms with Gasteiger partial charge in [0.05, 0.1) is 0 Å². The number of likely N-dealkylation sites (tertiary alicyclic amines) is 1. The van der Waals surface area contributed by atoms with Crippen LogP contribution in [0.4, 0.5) is 0 Å². The van der Waals surface area contributed by atoms with Crippen LogP contribution >= 0.6 is 0 Å². The maximum Gasteiger partial charge on any atom is 0.253 e. The molecule has 2 amide bonds. The largest absolute Gasteiger partial charge is 0.352 e. The summed E-state index contributed by atoms with van der Waals surface area (Å²) in [5, 5.41) is 2.90. The van der Waals surface area contributed by atoms with Crippen LogP contribution < -0.4 is 11.1 Å². The van der Waals surface area contributed by atoms with E-state index in [1.165, 1.54) is 6.42 Å². The number of benzene rings is 2. The molecular weight excluding hydrogens is 338 g/mol. The van der Waals surface area contributed by atoms with E-state index in [1.807, 2.05) is 59.5 Å². The highest BCUT2D eigenvalue weighted by atomic mass is 16.2. The van der Waals surface area contributed by atoms with Gasteiger partial charge >= 0.3 is 0 Å². The molecule has 3 rings (SSSR count). The standard InChI is InChI=1S/C22H27N3O2/c23-20(18-7-3-1-4-8-18)15-21(26)24-16-17-9-11-19(12-10-17)22(27)25-13-5-2-6-14-25/h1,3-4,7-12,20H,2,5-6,13-16,23H2,(H,24,26). The summed E-state index contributed by atoms with van der Waals surface area (Å²) in [5.41, 5.74) is 8.71. The number of carbonyl (C=O) groups excluding carboxylic acids is 2. The van der Waals surface area contributed by atoms with Gasteiger partial charge in [-0.25, -0.2) is 0 Å². The molecule has 5 heteroatoms. The Morgan fingerprint density at radius 2 is 1.63 bits per heavy atom. The van der Waals surface area contributed by atoms with Gasteiger partial charge in [0.25, 0.3) is 5.91 Å². The van der Waals surface area contributed by atoms with E-state index in [0.29, 0.717) is 12.1 Å². The van der Waals surface area contributed by atoms with Crippen LogP contribution in [0, 0.1) is 0 Å². The first-order valence-electron chi connectivity index (χ1n) is 9.59. The van der Waals surface area contributed by atoms with E-state index in [1.54, 1.807) is 0 Å². The molecule has 0 aliphatic carbocycles. The van der Waals surface area contributed by atoms with Crippen molar-refractivity contribution in [1.29, 1.82) is 0 Å². The molecule has 2 aromatic rings. The van der Waals surface area contributed by atoms with Gasteiger partial charge in [0.2, 0.25) is 5.91 Å². The molecule has 0 radical (unpaired) electrons. The smallest absolute Gasteiger partial charge is 0.253 e. The topological polar surface area (TPSA) is 75.4 Å². The Morgan fingerprint density at radius 1 is 0.963 bits per heavy atom. The summed E-state index contributed by atoms with van der Waals surface area (Å²) in [6, 6.07) is 16.8. The molecule has 3 N–H and O–H groups in total. The first-order valence-corrected chi connectivity index (χ1v) is 9.59. The highest BCUT2D eigenvalue weighted by Gasteiger charge is 2.18. The monoisotopic (exact) mass is 365 g/mol. The Labute approximate surface area is 160 Å². The van der Waals surface area contributed by atoms with Crippen LogP contribution in [0.5, 0.6) is 0 Å². The zero-order chi connectivity index (χ0) is 19.1. The van der Waals surface area contributed by atoms with Crippen molar-refractivity contribution in [1.82, 2.24) is 10.2 Å². The second kappa shape index (κ2) is 9.33. The van der Waals surface area contributed by atoms with E-state index in [2.05, 4.69) is 5.32 Å². The number of carbonyl (C=O) groups is 2. The van der Waals surface area contributed by atoms with Gasteiger partial charge in [-0.3, -0.25) is 9.59 Å².